The van der Waals surface area contributed by atoms with Gasteiger partial charge in [0.05, 0.1) is 19.6 Å². The summed E-state index contributed by atoms with van der Waals surface area (Å²) in [6.07, 6.45) is 20.8. The third-order valence-corrected chi connectivity index (χ3v) is 8.59. The molecule has 1 aliphatic rings. The highest BCUT2D eigenvalue weighted by Gasteiger charge is 2.12. The lowest BCUT2D eigenvalue weighted by Gasteiger charge is -2.16. The molecule has 3 rings (SSSR count). The molecule has 0 saturated carbocycles. The van der Waals surface area contributed by atoms with Gasteiger partial charge in [0.25, 0.3) is 0 Å². The van der Waals surface area contributed by atoms with Gasteiger partial charge >= 0.3 is 6.03 Å². The Morgan fingerprint density at radius 3 is 2.02 bits per heavy atom. The summed E-state index contributed by atoms with van der Waals surface area (Å²) in [6, 6.07) is 13.2. The molecule has 2 N–H and O–H groups in total. The van der Waals surface area contributed by atoms with Gasteiger partial charge in [-0.15, -0.1) is 11.8 Å². The van der Waals surface area contributed by atoms with Crippen molar-refractivity contribution in [2.45, 2.75) is 110 Å². The molecule has 0 unspecified atom stereocenters. The van der Waals surface area contributed by atoms with Crippen molar-refractivity contribution >= 4 is 29.2 Å². The fourth-order valence-corrected chi connectivity index (χ4v) is 5.99. The predicted octanol–water partition coefficient (Wildman–Crippen LogP) is 10.6. The third kappa shape index (κ3) is 13.5. The minimum atomic E-state index is -0.289. The summed E-state index contributed by atoms with van der Waals surface area (Å²) >= 11 is 1.85. The fraction of sp³-hybridized carbons (Fsp3) is 0.571. The lowest BCUT2D eigenvalue weighted by Crippen LogP contribution is -2.20. The number of rotatable bonds is 21. The van der Waals surface area contributed by atoms with Crippen LogP contribution in [0.1, 0.15) is 109 Å². The summed E-state index contributed by atoms with van der Waals surface area (Å²) in [4.78, 5) is 16.3. The molecular formula is C35H53N3O3S. The van der Waals surface area contributed by atoms with Crippen molar-refractivity contribution in [1.29, 1.82) is 0 Å². The number of methoxy groups -OCH3 is 1. The second-order valence-electron chi connectivity index (χ2n) is 11.3. The maximum atomic E-state index is 12.7. The van der Waals surface area contributed by atoms with Crippen LogP contribution in [0.25, 0.3) is 0 Å². The SMILES string of the molecule is CCCCCCCCCCCCCCCCOc1cc(NC(=O)Nc2cccc(CN3C=C(C)SC3)c2)ccc1OC. The molecule has 0 aromatic heterocycles. The van der Waals surface area contributed by atoms with Crippen molar-refractivity contribution in [2.24, 2.45) is 0 Å². The molecule has 1 aliphatic heterocycles. The second-order valence-corrected chi connectivity index (χ2v) is 12.5. The van der Waals surface area contributed by atoms with Crippen LogP contribution < -0.4 is 20.1 Å². The average Bonchev–Trinajstić information content (AvgIpc) is 3.39. The Bertz CT molecular complexity index is 1090. The summed E-state index contributed by atoms with van der Waals surface area (Å²) in [5.41, 5.74) is 2.58. The van der Waals surface area contributed by atoms with E-state index < -0.39 is 0 Å². The van der Waals surface area contributed by atoms with Gasteiger partial charge in [-0.2, -0.15) is 0 Å². The Balaban J connectivity index is 1.31. The zero-order chi connectivity index (χ0) is 29.8. The summed E-state index contributed by atoms with van der Waals surface area (Å²) in [5, 5.41) is 5.88. The number of thioether (sulfide) groups is 1. The number of carbonyl (C=O) groups excluding carboxylic acids is 1. The number of benzene rings is 2. The lowest BCUT2D eigenvalue weighted by molar-refractivity contribution is 0.262. The van der Waals surface area contributed by atoms with Gasteiger partial charge in [-0.3, -0.25) is 0 Å². The first-order valence-corrected chi connectivity index (χ1v) is 17.1. The van der Waals surface area contributed by atoms with E-state index in [0.29, 0.717) is 23.8 Å². The van der Waals surface area contributed by atoms with Gasteiger partial charge < -0.3 is 25.0 Å². The molecule has 7 heteroatoms. The molecule has 6 nitrogen and oxygen atoms in total. The Hall–Kier alpha value is -2.80. The number of urea groups is 1. The predicted molar refractivity (Wildman–Crippen MR) is 180 cm³/mol. The normalized spacial score (nSPS) is 12.7. The molecule has 0 saturated heterocycles. The molecule has 0 fully saturated rings. The number of nitrogens with one attached hydrogen (secondary N) is 2. The highest BCUT2D eigenvalue weighted by molar-refractivity contribution is 8.03. The van der Waals surface area contributed by atoms with E-state index >= 15 is 0 Å². The molecule has 2 amide bonds. The molecule has 232 valence electrons. The number of allylic oxidation sites excluding steroid dienone is 1. The van der Waals surface area contributed by atoms with Gasteiger partial charge in [-0.1, -0.05) is 103 Å². The molecule has 0 atom stereocenters. The zero-order valence-corrected chi connectivity index (χ0v) is 27.0. The van der Waals surface area contributed by atoms with E-state index in [1.54, 1.807) is 7.11 Å². The smallest absolute Gasteiger partial charge is 0.323 e. The highest BCUT2D eigenvalue weighted by atomic mass is 32.2. The largest absolute Gasteiger partial charge is 0.493 e. The Morgan fingerprint density at radius 1 is 0.810 bits per heavy atom. The molecule has 0 bridgehead atoms. The average molecular weight is 596 g/mol. The second kappa shape index (κ2) is 20.2. The summed E-state index contributed by atoms with van der Waals surface area (Å²) in [6.45, 7) is 5.87. The molecule has 42 heavy (non-hydrogen) atoms. The van der Waals surface area contributed by atoms with Gasteiger partial charge in [0.2, 0.25) is 0 Å². The van der Waals surface area contributed by atoms with Crippen molar-refractivity contribution in [3.05, 3.63) is 59.1 Å². The van der Waals surface area contributed by atoms with E-state index in [4.69, 9.17) is 9.47 Å². The number of hydrogen-bond acceptors (Lipinski definition) is 5. The van der Waals surface area contributed by atoms with Crippen molar-refractivity contribution in [3.8, 4) is 11.5 Å². The van der Waals surface area contributed by atoms with E-state index in [-0.39, 0.29) is 6.03 Å². The van der Waals surface area contributed by atoms with Gasteiger partial charge in [0.1, 0.15) is 0 Å². The van der Waals surface area contributed by atoms with E-state index in [2.05, 4.69) is 41.6 Å². The van der Waals surface area contributed by atoms with Crippen LogP contribution in [0.4, 0.5) is 16.2 Å². The van der Waals surface area contributed by atoms with Gasteiger partial charge in [-0.05, 0) is 48.1 Å². The van der Waals surface area contributed by atoms with Crippen LogP contribution in [0.15, 0.2) is 53.6 Å². The monoisotopic (exact) mass is 595 g/mol. The standard InChI is InChI=1S/C35H53N3O3S/c1-4-5-6-7-8-9-10-11-12-13-14-15-16-17-23-41-34-25-32(21-22-33(34)40-3)37-35(39)36-31-20-18-19-30(24-31)27-38-26-29(2)42-28-38/h18-22,24-26H,4-17,23,27-28H2,1-3H3,(H2,36,37,39). The van der Waals surface area contributed by atoms with Crippen LogP contribution in [-0.2, 0) is 6.54 Å². The van der Waals surface area contributed by atoms with Crippen LogP contribution in [0, 0.1) is 0 Å². The lowest BCUT2D eigenvalue weighted by atomic mass is 10.0. The number of unbranched alkanes of at least 4 members (excludes halogenated alkanes) is 13. The summed E-state index contributed by atoms with van der Waals surface area (Å²) in [5.74, 6) is 2.29. The van der Waals surface area contributed by atoms with E-state index in [1.165, 1.54) is 88.4 Å². The summed E-state index contributed by atoms with van der Waals surface area (Å²) < 4.78 is 11.5. The molecule has 0 radical (unpaired) electrons. The maximum absolute atomic E-state index is 12.7. The molecule has 1 heterocycles. The first-order chi connectivity index (χ1) is 20.6. The van der Waals surface area contributed by atoms with Crippen molar-refractivity contribution in [2.75, 3.05) is 30.2 Å². The molecule has 2 aromatic carbocycles. The number of nitrogens with zero attached hydrogens (tertiary/aromatic N) is 1. The Kier molecular flexibility index (Phi) is 16.2. The molecule has 0 spiro atoms. The van der Waals surface area contributed by atoms with Gasteiger partial charge in [0, 0.05) is 30.2 Å². The van der Waals surface area contributed by atoms with Crippen molar-refractivity contribution in [1.82, 2.24) is 4.90 Å². The number of hydrogen-bond donors (Lipinski definition) is 2. The first-order valence-electron chi connectivity index (χ1n) is 16.1. The van der Waals surface area contributed by atoms with Gasteiger partial charge in [0.15, 0.2) is 11.5 Å². The van der Waals surface area contributed by atoms with E-state index in [1.807, 2.05) is 48.2 Å². The zero-order valence-electron chi connectivity index (χ0n) is 26.2. The summed E-state index contributed by atoms with van der Waals surface area (Å²) in [7, 11) is 1.64. The minimum absolute atomic E-state index is 0.289. The van der Waals surface area contributed by atoms with Crippen LogP contribution >= 0.6 is 11.8 Å². The van der Waals surface area contributed by atoms with Gasteiger partial charge in [-0.25, -0.2) is 4.79 Å². The third-order valence-electron chi connectivity index (χ3n) is 7.57. The molecule has 2 aromatic rings. The first kappa shape index (κ1) is 33.7. The van der Waals surface area contributed by atoms with E-state index in [9.17, 15) is 4.79 Å². The molecular weight excluding hydrogens is 542 g/mol. The van der Waals surface area contributed by atoms with Crippen LogP contribution in [0.3, 0.4) is 0 Å². The van der Waals surface area contributed by atoms with E-state index in [0.717, 1.165) is 30.1 Å². The Morgan fingerprint density at radius 2 is 1.43 bits per heavy atom. The number of anilines is 2. The quantitative estimate of drug-likeness (QED) is 0.141. The highest BCUT2D eigenvalue weighted by Crippen LogP contribution is 2.31. The van der Waals surface area contributed by atoms with Crippen LogP contribution in [0.5, 0.6) is 11.5 Å². The Labute approximate surface area is 259 Å². The van der Waals surface area contributed by atoms with Crippen molar-refractivity contribution in [3.63, 3.8) is 0 Å². The van der Waals surface area contributed by atoms with Crippen molar-refractivity contribution < 1.29 is 14.3 Å². The van der Waals surface area contributed by atoms with Crippen LogP contribution in [-0.4, -0.2) is 30.5 Å². The molecule has 0 aliphatic carbocycles. The maximum Gasteiger partial charge on any atom is 0.323 e. The number of ether oxygens (including phenoxy) is 2. The van der Waals surface area contributed by atoms with Crippen LogP contribution in [0.2, 0.25) is 0 Å². The number of amides is 2. The fourth-order valence-electron chi connectivity index (χ4n) is 5.23. The minimum Gasteiger partial charge on any atom is -0.493 e. The number of carbonyl (C=O) groups is 1. The topological polar surface area (TPSA) is 62.8 Å².